The Labute approximate surface area is 176 Å². The number of pyridine rings is 1. The molecule has 0 bridgehead atoms. The maximum absolute atomic E-state index is 15.1. The zero-order valence-electron chi connectivity index (χ0n) is 17.8. The van der Waals surface area contributed by atoms with Gasteiger partial charge in [-0.25, -0.2) is 4.39 Å². The molecule has 0 amide bonds. The van der Waals surface area contributed by atoms with Crippen molar-refractivity contribution in [3.8, 4) is 11.4 Å². The quantitative estimate of drug-likeness (QED) is 0.674. The third-order valence-corrected chi connectivity index (χ3v) is 5.41. The summed E-state index contributed by atoms with van der Waals surface area (Å²) in [6.45, 7) is 10.5. The number of benzene rings is 1. The van der Waals surface area contributed by atoms with Crippen molar-refractivity contribution in [3.05, 3.63) is 53.1 Å². The number of aromatic amines is 1. The molecule has 158 valence electrons. The number of H-pyrrole nitrogens is 1. The van der Waals surface area contributed by atoms with Crippen LogP contribution in [0.15, 0.2) is 30.5 Å². The molecule has 4 rings (SSSR count). The van der Waals surface area contributed by atoms with Gasteiger partial charge in [0.15, 0.2) is 0 Å². The van der Waals surface area contributed by atoms with Crippen molar-refractivity contribution in [2.45, 2.75) is 33.7 Å². The lowest BCUT2D eigenvalue weighted by molar-refractivity contribution is 0.247. The fourth-order valence-electron chi connectivity index (χ4n) is 3.94. The van der Waals surface area contributed by atoms with Crippen molar-refractivity contribution >= 4 is 5.69 Å². The van der Waals surface area contributed by atoms with Crippen molar-refractivity contribution in [1.82, 2.24) is 30.5 Å². The van der Waals surface area contributed by atoms with E-state index in [1.54, 1.807) is 6.07 Å². The first-order valence-corrected chi connectivity index (χ1v) is 10.4. The zero-order valence-corrected chi connectivity index (χ0v) is 17.8. The first kappa shape index (κ1) is 20.4. The van der Waals surface area contributed by atoms with E-state index in [9.17, 15) is 0 Å². The van der Waals surface area contributed by atoms with E-state index in [4.69, 9.17) is 0 Å². The van der Waals surface area contributed by atoms with E-state index in [1.165, 1.54) is 5.56 Å². The predicted molar refractivity (Wildman–Crippen MR) is 115 cm³/mol. The Morgan fingerprint density at radius 3 is 2.57 bits per heavy atom. The normalized spacial score (nSPS) is 15.2. The monoisotopic (exact) mass is 409 g/mol. The fraction of sp³-hybridized carbons (Fsp3) is 0.455. The van der Waals surface area contributed by atoms with Crippen LogP contribution in [0.3, 0.4) is 0 Å². The van der Waals surface area contributed by atoms with Crippen LogP contribution in [0.1, 0.15) is 30.7 Å². The Kier molecular flexibility index (Phi) is 6.03. The molecule has 1 N–H and O–H groups in total. The van der Waals surface area contributed by atoms with E-state index in [0.29, 0.717) is 17.3 Å². The van der Waals surface area contributed by atoms with Crippen molar-refractivity contribution in [2.75, 3.05) is 31.1 Å². The molecule has 1 fully saturated rings. The maximum atomic E-state index is 15.1. The van der Waals surface area contributed by atoms with Crippen LogP contribution in [0, 0.1) is 18.7 Å². The van der Waals surface area contributed by atoms with Crippen LogP contribution < -0.4 is 4.90 Å². The summed E-state index contributed by atoms with van der Waals surface area (Å²) in [7, 11) is 0. The van der Waals surface area contributed by atoms with Gasteiger partial charge in [0.2, 0.25) is 5.82 Å². The molecule has 1 aromatic carbocycles. The summed E-state index contributed by atoms with van der Waals surface area (Å²) in [5.41, 5.74) is 4.51. The molecule has 0 atom stereocenters. The van der Waals surface area contributed by atoms with Crippen LogP contribution in [0.25, 0.3) is 11.4 Å². The molecule has 0 saturated carbocycles. The van der Waals surface area contributed by atoms with Crippen molar-refractivity contribution < 1.29 is 4.39 Å². The third kappa shape index (κ3) is 4.64. The van der Waals surface area contributed by atoms with E-state index in [1.807, 2.05) is 13.1 Å². The number of hydrogen-bond donors (Lipinski definition) is 1. The van der Waals surface area contributed by atoms with Crippen LogP contribution in [0.5, 0.6) is 0 Å². The number of aromatic nitrogens is 5. The van der Waals surface area contributed by atoms with Crippen molar-refractivity contribution in [1.29, 1.82) is 0 Å². The Bertz CT molecular complexity index is 962. The van der Waals surface area contributed by atoms with Gasteiger partial charge in [-0.3, -0.25) is 9.88 Å². The lowest BCUT2D eigenvalue weighted by Gasteiger charge is -2.37. The lowest BCUT2D eigenvalue weighted by Crippen LogP contribution is -2.46. The van der Waals surface area contributed by atoms with Crippen LogP contribution in [-0.2, 0) is 13.0 Å². The number of nitrogens with one attached hydrogen (secondary N) is 1. The third-order valence-electron chi connectivity index (χ3n) is 5.41. The molecule has 0 spiro atoms. The highest BCUT2D eigenvalue weighted by Gasteiger charge is 2.24. The van der Waals surface area contributed by atoms with E-state index in [2.05, 4.69) is 67.5 Å². The van der Waals surface area contributed by atoms with Crippen molar-refractivity contribution in [3.63, 3.8) is 0 Å². The summed E-state index contributed by atoms with van der Waals surface area (Å²) >= 11 is 0. The smallest absolute Gasteiger partial charge is 0.209 e. The molecule has 8 heteroatoms. The van der Waals surface area contributed by atoms with Gasteiger partial charge in [0.25, 0.3) is 0 Å². The number of piperazine rings is 1. The largest absolute Gasteiger partial charge is 0.368 e. The second-order valence-electron chi connectivity index (χ2n) is 8.40. The van der Waals surface area contributed by atoms with Gasteiger partial charge in [-0.2, -0.15) is 5.21 Å². The summed E-state index contributed by atoms with van der Waals surface area (Å²) in [5.74, 6) is 0.452. The van der Waals surface area contributed by atoms with Gasteiger partial charge >= 0.3 is 0 Å². The first-order chi connectivity index (χ1) is 14.5. The van der Waals surface area contributed by atoms with Gasteiger partial charge in [-0.05, 0) is 53.8 Å². The van der Waals surface area contributed by atoms with Crippen LogP contribution in [0.4, 0.5) is 10.1 Å². The van der Waals surface area contributed by atoms with Gasteiger partial charge < -0.3 is 4.90 Å². The second kappa shape index (κ2) is 8.87. The molecular weight excluding hydrogens is 381 g/mol. The fourth-order valence-corrected chi connectivity index (χ4v) is 3.94. The number of aryl methyl sites for hydroxylation is 1. The number of tetrazole rings is 1. The minimum absolute atomic E-state index is 0.296. The summed E-state index contributed by atoms with van der Waals surface area (Å²) in [4.78, 5) is 9.14. The summed E-state index contributed by atoms with van der Waals surface area (Å²) in [6.07, 6.45) is 2.74. The number of rotatable bonds is 6. The Hall–Kier alpha value is -2.87. The van der Waals surface area contributed by atoms with Gasteiger partial charge in [-0.1, -0.05) is 19.9 Å². The summed E-state index contributed by atoms with van der Waals surface area (Å²) in [5, 5.41) is 14.1. The highest BCUT2D eigenvalue weighted by atomic mass is 19.1. The van der Waals surface area contributed by atoms with E-state index >= 15 is 4.39 Å². The summed E-state index contributed by atoms with van der Waals surface area (Å²) < 4.78 is 15.1. The van der Waals surface area contributed by atoms with Gasteiger partial charge in [-0.15, -0.1) is 10.2 Å². The molecule has 3 heterocycles. The molecule has 3 aromatic rings. The lowest BCUT2D eigenvalue weighted by atomic mass is 9.98. The molecule has 1 aliphatic rings. The molecule has 0 unspecified atom stereocenters. The molecule has 1 saturated heterocycles. The zero-order chi connectivity index (χ0) is 21.1. The molecule has 2 aromatic heterocycles. The average Bonchev–Trinajstić information content (AvgIpc) is 3.24. The first-order valence-electron chi connectivity index (χ1n) is 10.4. The highest BCUT2D eigenvalue weighted by Crippen LogP contribution is 2.34. The van der Waals surface area contributed by atoms with Crippen LogP contribution in [-0.4, -0.2) is 56.7 Å². The second-order valence-corrected chi connectivity index (χ2v) is 8.40. The topological polar surface area (TPSA) is 73.8 Å². The van der Waals surface area contributed by atoms with E-state index in [-0.39, 0.29) is 5.82 Å². The van der Waals surface area contributed by atoms with Gasteiger partial charge in [0, 0.05) is 38.9 Å². The molecular formula is C22H28FN7. The van der Waals surface area contributed by atoms with Crippen LogP contribution >= 0.6 is 0 Å². The molecule has 1 aliphatic heterocycles. The number of halogens is 1. The number of nitrogens with zero attached hydrogens (tertiary/aromatic N) is 6. The predicted octanol–water partition coefficient (Wildman–Crippen LogP) is 3.23. The minimum Gasteiger partial charge on any atom is -0.368 e. The Morgan fingerprint density at radius 2 is 1.93 bits per heavy atom. The average molecular weight is 410 g/mol. The van der Waals surface area contributed by atoms with Gasteiger partial charge in [0.05, 0.1) is 16.9 Å². The van der Waals surface area contributed by atoms with Crippen molar-refractivity contribution in [2.24, 2.45) is 5.92 Å². The Morgan fingerprint density at radius 1 is 1.13 bits per heavy atom. The van der Waals surface area contributed by atoms with Crippen LogP contribution in [0.2, 0.25) is 0 Å². The highest BCUT2D eigenvalue weighted by molar-refractivity contribution is 5.75. The van der Waals surface area contributed by atoms with E-state index in [0.717, 1.165) is 56.1 Å². The van der Waals surface area contributed by atoms with Gasteiger partial charge in [0.1, 0.15) is 5.82 Å². The molecule has 30 heavy (non-hydrogen) atoms. The maximum Gasteiger partial charge on any atom is 0.209 e. The molecule has 0 aliphatic carbocycles. The summed E-state index contributed by atoms with van der Waals surface area (Å²) in [6, 6.07) is 7.88. The number of hydrogen-bond acceptors (Lipinski definition) is 6. The molecule has 7 nitrogen and oxygen atoms in total. The number of anilines is 1. The standard InChI is InChI=1S/C22H28FN7/c1-15(2)10-17-11-19(23)21(22-25-27-28-26-22)20(12-17)30-8-6-29(7-9-30)14-18-5-4-16(3)13-24-18/h4-5,11-13,15H,6-10,14H2,1-3H3,(H,25,26,27,28). The molecule has 0 radical (unpaired) electrons. The SMILES string of the molecule is Cc1ccc(CN2CCN(c3cc(CC(C)C)cc(F)c3-c3nn[nH]n3)CC2)nc1. The minimum atomic E-state index is -0.296. The van der Waals surface area contributed by atoms with E-state index < -0.39 is 0 Å². The Balaban J connectivity index is 1.54.